The summed E-state index contributed by atoms with van der Waals surface area (Å²) < 4.78 is 12.9. The number of amides is 2. The third-order valence-electron chi connectivity index (χ3n) is 5.24. The SMILES string of the molecule is O=C(NCCC(=O)N1CCN(C2CCCC2)CC1)c1ccc(F)cc1. The molecule has 5 nitrogen and oxygen atoms in total. The van der Waals surface area contributed by atoms with Crippen LogP contribution in [0, 0.1) is 5.82 Å². The Balaban J connectivity index is 1.36. The van der Waals surface area contributed by atoms with Gasteiger partial charge in [-0.2, -0.15) is 0 Å². The normalized spacial score (nSPS) is 19.2. The zero-order valence-corrected chi connectivity index (χ0v) is 14.5. The van der Waals surface area contributed by atoms with E-state index >= 15 is 0 Å². The summed E-state index contributed by atoms with van der Waals surface area (Å²) in [7, 11) is 0. The number of piperazine rings is 1. The van der Waals surface area contributed by atoms with Gasteiger partial charge in [0.25, 0.3) is 5.91 Å². The van der Waals surface area contributed by atoms with Crippen LogP contribution in [0.5, 0.6) is 0 Å². The van der Waals surface area contributed by atoms with Crippen molar-refractivity contribution in [2.45, 2.75) is 38.1 Å². The van der Waals surface area contributed by atoms with E-state index in [1.165, 1.54) is 49.9 Å². The Morgan fingerprint density at radius 1 is 1.04 bits per heavy atom. The first-order valence-corrected chi connectivity index (χ1v) is 9.19. The molecule has 2 amide bonds. The smallest absolute Gasteiger partial charge is 0.251 e. The van der Waals surface area contributed by atoms with Gasteiger partial charge in [-0.25, -0.2) is 4.39 Å². The van der Waals surface area contributed by atoms with Crippen molar-refractivity contribution in [1.29, 1.82) is 0 Å². The summed E-state index contributed by atoms with van der Waals surface area (Å²) in [5.74, 6) is -0.562. The van der Waals surface area contributed by atoms with E-state index in [2.05, 4.69) is 10.2 Å². The molecule has 6 heteroatoms. The monoisotopic (exact) mass is 347 g/mol. The van der Waals surface area contributed by atoms with Gasteiger partial charge in [0.2, 0.25) is 5.91 Å². The molecule has 2 fully saturated rings. The molecule has 3 rings (SSSR count). The Kier molecular flexibility index (Phi) is 6.02. The summed E-state index contributed by atoms with van der Waals surface area (Å²) in [4.78, 5) is 28.7. The number of hydrogen-bond acceptors (Lipinski definition) is 3. The predicted molar refractivity (Wildman–Crippen MR) is 93.8 cm³/mol. The van der Waals surface area contributed by atoms with Crippen LogP contribution >= 0.6 is 0 Å². The topological polar surface area (TPSA) is 52.7 Å². The molecule has 1 heterocycles. The fraction of sp³-hybridized carbons (Fsp3) is 0.579. The molecule has 0 atom stereocenters. The van der Waals surface area contributed by atoms with Gasteiger partial charge in [0.15, 0.2) is 0 Å². The zero-order chi connectivity index (χ0) is 17.6. The van der Waals surface area contributed by atoms with Crippen LogP contribution < -0.4 is 5.32 Å². The van der Waals surface area contributed by atoms with E-state index in [4.69, 9.17) is 0 Å². The molecule has 1 aliphatic carbocycles. The molecular formula is C19H26FN3O2. The number of carbonyl (C=O) groups is 2. The third kappa shape index (κ3) is 4.78. The molecule has 1 N–H and O–H groups in total. The number of halogens is 1. The lowest BCUT2D eigenvalue weighted by Crippen LogP contribution is -2.51. The molecule has 0 spiro atoms. The van der Waals surface area contributed by atoms with Gasteiger partial charge >= 0.3 is 0 Å². The second-order valence-corrected chi connectivity index (χ2v) is 6.87. The number of benzene rings is 1. The maximum Gasteiger partial charge on any atom is 0.251 e. The largest absolute Gasteiger partial charge is 0.352 e. The standard InChI is InChI=1S/C19H26FN3O2/c20-16-7-5-15(6-8-16)19(25)21-10-9-18(24)23-13-11-22(12-14-23)17-3-1-2-4-17/h5-8,17H,1-4,9-14H2,(H,21,25). The van der Waals surface area contributed by atoms with Crippen LogP contribution in [0.25, 0.3) is 0 Å². The van der Waals surface area contributed by atoms with E-state index in [9.17, 15) is 14.0 Å². The highest BCUT2D eigenvalue weighted by molar-refractivity contribution is 5.94. The summed E-state index contributed by atoms with van der Waals surface area (Å²) in [6, 6.07) is 6.10. The van der Waals surface area contributed by atoms with Gasteiger partial charge in [0.1, 0.15) is 5.82 Å². The van der Waals surface area contributed by atoms with E-state index in [-0.39, 0.29) is 17.6 Å². The van der Waals surface area contributed by atoms with Crippen LogP contribution in [0.4, 0.5) is 4.39 Å². The average Bonchev–Trinajstić information content (AvgIpc) is 3.17. The molecule has 0 unspecified atom stereocenters. The maximum absolute atomic E-state index is 12.9. The van der Waals surface area contributed by atoms with E-state index in [1.54, 1.807) is 0 Å². The summed E-state index contributed by atoms with van der Waals surface area (Å²) >= 11 is 0. The van der Waals surface area contributed by atoms with Gasteiger partial charge in [-0.05, 0) is 37.1 Å². The van der Waals surface area contributed by atoms with Crippen molar-refractivity contribution in [3.63, 3.8) is 0 Å². The molecular weight excluding hydrogens is 321 g/mol. The fourth-order valence-electron chi connectivity index (χ4n) is 3.75. The fourth-order valence-corrected chi connectivity index (χ4v) is 3.75. The van der Waals surface area contributed by atoms with E-state index in [0.29, 0.717) is 24.6 Å². The van der Waals surface area contributed by atoms with Crippen molar-refractivity contribution in [2.24, 2.45) is 0 Å². The average molecular weight is 347 g/mol. The Bertz CT molecular complexity index is 591. The molecule has 2 aliphatic rings. The van der Waals surface area contributed by atoms with Gasteiger partial charge in [-0.1, -0.05) is 12.8 Å². The maximum atomic E-state index is 12.9. The van der Waals surface area contributed by atoms with Crippen LogP contribution in [-0.2, 0) is 4.79 Å². The highest BCUT2D eigenvalue weighted by Crippen LogP contribution is 2.24. The number of nitrogens with one attached hydrogen (secondary N) is 1. The van der Waals surface area contributed by atoms with Crippen LogP contribution in [0.2, 0.25) is 0 Å². The molecule has 1 aliphatic heterocycles. The second-order valence-electron chi connectivity index (χ2n) is 6.87. The summed E-state index contributed by atoms with van der Waals surface area (Å²) in [5.41, 5.74) is 0.402. The molecule has 1 aromatic carbocycles. The minimum Gasteiger partial charge on any atom is -0.352 e. The van der Waals surface area contributed by atoms with E-state index < -0.39 is 0 Å². The number of carbonyl (C=O) groups excluding carboxylic acids is 2. The lowest BCUT2D eigenvalue weighted by molar-refractivity contribution is -0.133. The first-order valence-electron chi connectivity index (χ1n) is 9.19. The van der Waals surface area contributed by atoms with Crippen molar-refractivity contribution in [3.05, 3.63) is 35.6 Å². The highest BCUT2D eigenvalue weighted by atomic mass is 19.1. The van der Waals surface area contributed by atoms with E-state index in [1.807, 2.05) is 4.90 Å². The van der Waals surface area contributed by atoms with E-state index in [0.717, 1.165) is 26.2 Å². The Labute approximate surface area is 148 Å². The summed E-state index contributed by atoms with van der Waals surface area (Å²) in [6.45, 7) is 3.77. The first-order chi connectivity index (χ1) is 12.1. The quantitative estimate of drug-likeness (QED) is 0.887. The van der Waals surface area contributed by atoms with Gasteiger partial charge < -0.3 is 10.2 Å². The predicted octanol–water partition coefficient (Wildman–Crippen LogP) is 2.03. The molecule has 1 saturated heterocycles. The van der Waals surface area contributed by atoms with Gasteiger partial charge in [-0.3, -0.25) is 14.5 Å². The van der Waals surface area contributed by atoms with Gasteiger partial charge in [0, 0.05) is 50.7 Å². The van der Waals surface area contributed by atoms with Crippen LogP contribution in [0.3, 0.4) is 0 Å². The van der Waals surface area contributed by atoms with Crippen molar-refractivity contribution in [1.82, 2.24) is 15.1 Å². The van der Waals surface area contributed by atoms with Gasteiger partial charge in [0.05, 0.1) is 0 Å². The Morgan fingerprint density at radius 3 is 2.32 bits per heavy atom. The number of rotatable bonds is 5. The molecule has 25 heavy (non-hydrogen) atoms. The Morgan fingerprint density at radius 2 is 1.68 bits per heavy atom. The number of hydrogen-bond donors (Lipinski definition) is 1. The summed E-state index contributed by atoms with van der Waals surface area (Å²) in [5, 5.41) is 2.72. The highest BCUT2D eigenvalue weighted by Gasteiger charge is 2.27. The summed E-state index contributed by atoms with van der Waals surface area (Å²) in [6.07, 6.45) is 5.55. The second kappa shape index (κ2) is 8.43. The lowest BCUT2D eigenvalue weighted by Gasteiger charge is -2.38. The van der Waals surface area contributed by atoms with Crippen LogP contribution in [-0.4, -0.2) is 60.4 Å². The minimum atomic E-state index is -0.372. The van der Waals surface area contributed by atoms with Crippen molar-refractivity contribution in [3.8, 4) is 0 Å². The van der Waals surface area contributed by atoms with Gasteiger partial charge in [-0.15, -0.1) is 0 Å². The zero-order valence-electron chi connectivity index (χ0n) is 14.5. The van der Waals surface area contributed by atoms with Crippen molar-refractivity contribution >= 4 is 11.8 Å². The molecule has 1 aromatic rings. The third-order valence-corrected chi connectivity index (χ3v) is 5.24. The molecule has 0 radical (unpaired) electrons. The number of nitrogens with zero attached hydrogens (tertiary/aromatic N) is 2. The molecule has 136 valence electrons. The van der Waals surface area contributed by atoms with Crippen molar-refractivity contribution < 1.29 is 14.0 Å². The lowest BCUT2D eigenvalue weighted by atomic mass is 10.1. The first kappa shape index (κ1) is 17.9. The molecule has 0 aromatic heterocycles. The van der Waals surface area contributed by atoms with Crippen LogP contribution in [0.15, 0.2) is 24.3 Å². The minimum absolute atomic E-state index is 0.0884. The molecule has 0 bridgehead atoms. The molecule has 1 saturated carbocycles. The Hall–Kier alpha value is -1.95. The van der Waals surface area contributed by atoms with Crippen LogP contribution in [0.1, 0.15) is 42.5 Å². The van der Waals surface area contributed by atoms with Crippen molar-refractivity contribution in [2.75, 3.05) is 32.7 Å².